The maximum Gasteiger partial charge on any atom is 0.261 e. The minimum atomic E-state index is -0.0898. The lowest BCUT2D eigenvalue weighted by atomic mass is 10.1. The molecule has 0 amide bonds. The zero-order valence-electron chi connectivity index (χ0n) is 15.5. The Morgan fingerprint density at radius 3 is 2.74 bits per heavy atom. The van der Waals surface area contributed by atoms with Crippen LogP contribution in [0.5, 0.6) is 0 Å². The van der Waals surface area contributed by atoms with Gasteiger partial charge < -0.3 is 14.6 Å². The second-order valence-corrected chi connectivity index (χ2v) is 7.11. The number of hydrogen-bond donors (Lipinski definition) is 2. The van der Waals surface area contributed by atoms with Crippen molar-refractivity contribution in [3.05, 3.63) is 58.1 Å². The highest BCUT2D eigenvalue weighted by Gasteiger charge is 2.13. The van der Waals surface area contributed by atoms with Crippen molar-refractivity contribution in [2.45, 2.75) is 20.3 Å². The molecule has 3 rings (SSSR count). The maximum atomic E-state index is 12.5. The number of rotatable bonds is 6. The van der Waals surface area contributed by atoms with Crippen molar-refractivity contribution in [3.8, 4) is 6.07 Å². The van der Waals surface area contributed by atoms with E-state index >= 15 is 0 Å². The van der Waals surface area contributed by atoms with Gasteiger partial charge in [0.2, 0.25) is 0 Å². The van der Waals surface area contributed by atoms with Gasteiger partial charge in [-0.05, 0) is 43.2 Å². The fourth-order valence-corrected chi connectivity index (χ4v) is 3.46. The lowest BCUT2D eigenvalue weighted by Crippen LogP contribution is -2.18. The topological polar surface area (TPSA) is 82.7 Å². The van der Waals surface area contributed by atoms with Crippen molar-refractivity contribution in [1.29, 1.82) is 5.26 Å². The van der Waals surface area contributed by atoms with Gasteiger partial charge in [0.25, 0.3) is 5.56 Å². The summed E-state index contributed by atoms with van der Waals surface area (Å²) in [4.78, 5) is 16.8. The quantitative estimate of drug-likeness (QED) is 0.490. The van der Waals surface area contributed by atoms with E-state index in [-0.39, 0.29) is 5.56 Å². The lowest BCUT2D eigenvalue weighted by molar-refractivity contribution is 0.842. The van der Waals surface area contributed by atoms with Crippen LogP contribution in [0.15, 0.2) is 41.5 Å². The van der Waals surface area contributed by atoms with E-state index in [0.717, 1.165) is 29.1 Å². The van der Waals surface area contributed by atoms with Crippen LogP contribution >= 0.6 is 11.9 Å². The van der Waals surface area contributed by atoms with Crippen LogP contribution in [-0.2, 0) is 7.05 Å². The summed E-state index contributed by atoms with van der Waals surface area (Å²) in [7, 11) is 1.69. The van der Waals surface area contributed by atoms with E-state index in [2.05, 4.69) is 28.0 Å². The third kappa shape index (κ3) is 3.76. The molecule has 0 aliphatic heterocycles. The Morgan fingerprint density at radius 2 is 2.00 bits per heavy atom. The highest BCUT2D eigenvalue weighted by molar-refractivity contribution is 8.00. The van der Waals surface area contributed by atoms with Gasteiger partial charge in [-0.2, -0.15) is 5.26 Å². The number of aryl methyl sites for hydroxylation is 2. The molecule has 3 aromatic rings. The largest absolute Gasteiger partial charge is 0.354 e. The maximum absolute atomic E-state index is 12.5. The molecule has 1 aromatic heterocycles. The van der Waals surface area contributed by atoms with E-state index in [4.69, 9.17) is 0 Å². The summed E-state index contributed by atoms with van der Waals surface area (Å²) in [6, 6.07) is 11.6. The van der Waals surface area contributed by atoms with Crippen LogP contribution in [0.25, 0.3) is 10.9 Å². The molecule has 0 radical (unpaired) electrons. The Balaban J connectivity index is 2.02. The van der Waals surface area contributed by atoms with Gasteiger partial charge in [-0.25, -0.2) is 4.98 Å². The van der Waals surface area contributed by atoms with Gasteiger partial charge in [-0.15, -0.1) is 0 Å². The van der Waals surface area contributed by atoms with Gasteiger partial charge in [0.15, 0.2) is 0 Å². The van der Waals surface area contributed by atoms with E-state index < -0.39 is 0 Å². The standard InChI is InChI=1S/C20H21N5OS/c1-4-10-27-24-17-7-5-6-16(14(17)11-21)23-15-8-9-18-19(13(15)2)20(26)25(3)12-22-18/h5-9,12,23-24H,4,10H2,1-3H3. The van der Waals surface area contributed by atoms with Crippen LogP contribution in [0, 0.1) is 18.3 Å². The molecule has 0 aliphatic carbocycles. The molecular formula is C20H21N5OS. The van der Waals surface area contributed by atoms with Crippen LogP contribution in [0.2, 0.25) is 0 Å². The molecule has 2 N–H and O–H groups in total. The van der Waals surface area contributed by atoms with Crippen molar-refractivity contribution in [2.75, 3.05) is 15.8 Å². The summed E-state index contributed by atoms with van der Waals surface area (Å²) in [6.45, 7) is 4.00. The number of benzene rings is 2. The second kappa shape index (κ2) is 8.14. The average Bonchev–Trinajstić information content (AvgIpc) is 2.67. The molecule has 0 aliphatic rings. The minimum Gasteiger partial charge on any atom is -0.354 e. The van der Waals surface area contributed by atoms with E-state index in [1.807, 2.05) is 37.3 Å². The lowest BCUT2D eigenvalue weighted by Gasteiger charge is -2.15. The molecule has 0 saturated carbocycles. The predicted molar refractivity (Wildman–Crippen MR) is 113 cm³/mol. The van der Waals surface area contributed by atoms with Crippen LogP contribution in [0.3, 0.4) is 0 Å². The number of fused-ring (bicyclic) bond motifs is 1. The molecular weight excluding hydrogens is 358 g/mol. The highest BCUT2D eigenvalue weighted by Crippen LogP contribution is 2.31. The number of nitrogens with one attached hydrogen (secondary N) is 2. The first-order chi connectivity index (χ1) is 13.1. The van der Waals surface area contributed by atoms with Crippen molar-refractivity contribution in [3.63, 3.8) is 0 Å². The Hall–Kier alpha value is -2.98. The summed E-state index contributed by atoms with van der Waals surface area (Å²) < 4.78 is 4.71. The molecule has 0 saturated heterocycles. The molecule has 138 valence electrons. The SMILES string of the molecule is CCCSNc1cccc(Nc2ccc3ncn(C)c(=O)c3c2C)c1C#N. The molecule has 0 spiro atoms. The minimum absolute atomic E-state index is 0.0898. The van der Waals surface area contributed by atoms with Crippen molar-refractivity contribution in [2.24, 2.45) is 7.05 Å². The summed E-state index contributed by atoms with van der Waals surface area (Å²) >= 11 is 1.58. The van der Waals surface area contributed by atoms with Crippen LogP contribution in [0.4, 0.5) is 17.1 Å². The van der Waals surface area contributed by atoms with Crippen molar-refractivity contribution in [1.82, 2.24) is 9.55 Å². The van der Waals surface area contributed by atoms with E-state index in [0.29, 0.717) is 22.2 Å². The predicted octanol–water partition coefficient (Wildman–Crippen LogP) is 4.33. The Bertz CT molecular complexity index is 1080. The molecule has 27 heavy (non-hydrogen) atoms. The molecule has 6 nitrogen and oxygen atoms in total. The fraction of sp³-hybridized carbons (Fsp3) is 0.250. The van der Waals surface area contributed by atoms with Gasteiger partial charge in [-0.3, -0.25) is 4.79 Å². The van der Waals surface area contributed by atoms with Gasteiger partial charge in [-0.1, -0.05) is 24.9 Å². The summed E-state index contributed by atoms with van der Waals surface area (Å²) in [6.07, 6.45) is 2.57. The van der Waals surface area contributed by atoms with E-state index in [1.54, 1.807) is 19.0 Å². The second-order valence-electron chi connectivity index (χ2n) is 6.21. The summed E-state index contributed by atoms with van der Waals surface area (Å²) in [5, 5.41) is 13.5. The first-order valence-corrected chi connectivity index (χ1v) is 9.68. The molecule has 0 unspecified atom stereocenters. The van der Waals surface area contributed by atoms with Crippen LogP contribution < -0.4 is 15.6 Å². The monoisotopic (exact) mass is 379 g/mol. The van der Waals surface area contributed by atoms with Gasteiger partial charge in [0.05, 0.1) is 34.2 Å². The normalized spacial score (nSPS) is 10.6. The highest BCUT2D eigenvalue weighted by atomic mass is 32.2. The third-order valence-corrected chi connectivity index (χ3v) is 5.26. The Labute approximate surface area is 162 Å². The number of hydrogen-bond acceptors (Lipinski definition) is 6. The van der Waals surface area contributed by atoms with Crippen LogP contribution in [-0.4, -0.2) is 15.3 Å². The number of nitriles is 1. The zero-order valence-corrected chi connectivity index (χ0v) is 16.4. The number of aromatic nitrogens is 2. The molecule has 2 aromatic carbocycles. The van der Waals surface area contributed by atoms with E-state index in [9.17, 15) is 10.1 Å². The smallest absolute Gasteiger partial charge is 0.261 e. The Morgan fingerprint density at radius 1 is 1.22 bits per heavy atom. The molecule has 0 atom stereocenters. The first-order valence-electron chi connectivity index (χ1n) is 8.69. The molecule has 1 heterocycles. The average molecular weight is 379 g/mol. The van der Waals surface area contributed by atoms with Gasteiger partial charge >= 0.3 is 0 Å². The molecule has 7 heteroatoms. The van der Waals surface area contributed by atoms with Crippen LogP contribution in [0.1, 0.15) is 24.5 Å². The van der Waals surface area contributed by atoms with Gasteiger partial charge in [0.1, 0.15) is 6.07 Å². The van der Waals surface area contributed by atoms with E-state index in [1.165, 1.54) is 10.9 Å². The zero-order chi connectivity index (χ0) is 19.4. The molecule has 0 bridgehead atoms. The van der Waals surface area contributed by atoms with Crippen molar-refractivity contribution < 1.29 is 0 Å². The third-order valence-electron chi connectivity index (χ3n) is 4.28. The summed E-state index contributed by atoms with van der Waals surface area (Å²) in [5.41, 5.74) is 4.17. The fourth-order valence-electron chi connectivity index (χ4n) is 2.83. The number of anilines is 3. The van der Waals surface area contributed by atoms with Gasteiger partial charge in [0, 0.05) is 18.5 Å². The summed E-state index contributed by atoms with van der Waals surface area (Å²) in [5.74, 6) is 0.961. The Kier molecular flexibility index (Phi) is 5.67. The number of nitrogens with zero attached hydrogens (tertiary/aromatic N) is 3. The molecule has 0 fully saturated rings. The van der Waals surface area contributed by atoms with Crippen molar-refractivity contribution >= 4 is 39.9 Å². The first kappa shape index (κ1) is 18.8.